The van der Waals surface area contributed by atoms with Gasteiger partial charge in [0.25, 0.3) is 0 Å². The molecule has 0 bridgehead atoms. The fourth-order valence-corrected chi connectivity index (χ4v) is 2.50. The summed E-state index contributed by atoms with van der Waals surface area (Å²) in [5.74, 6) is 1.46. The number of carbonyl (C=O) groups excluding carboxylic acids is 1. The van der Waals surface area contributed by atoms with E-state index in [4.69, 9.17) is 14.2 Å². The van der Waals surface area contributed by atoms with E-state index in [0.29, 0.717) is 26.0 Å². The maximum Gasteiger partial charge on any atom is 0.407 e. The van der Waals surface area contributed by atoms with Crippen molar-refractivity contribution >= 4 is 6.09 Å². The topological polar surface area (TPSA) is 56.8 Å². The maximum absolute atomic E-state index is 11.8. The Morgan fingerprint density at radius 2 is 1.68 bits per heavy atom. The molecule has 0 spiro atoms. The number of alkyl carbamates (subject to hydrolysis) is 1. The number of benzene rings is 2. The predicted molar refractivity (Wildman–Crippen MR) is 97.5 cm³/mol. The summed E-state index contributed by atoms with van der Waals surface area (Å²) >= 11 is 0. The monoisotopic (exact) mass is 343 g/mol. The molecule has 2 rings (SSSR count). The second kappa shape index (κ2) is 9.57. The van der Waals surface area contributed by atoms with Gasteiger partial charge in [-0.05, 0) is 36.6 Å². The number of hydrogen-bond donors (Lipinski definition) is 1. The minimum atomic E-state index is -0.400. The fourth-order valence-electron chi connectivity index (χ4n) is 2.50. The summed E-state index contributed by atoms with van der Waals surface area (Å²) in [6.07, 6.45) is 0.977. The Bertz CT molecular complexity index is 678. The number of carbonyl (C=O) groups is 1. The van der Waals surface area contributed by atoms with Crippen molar-refractivity contribution in [2.24, 2.45) is 0 Å². The molecule has 0 aliphatic carbocycles. The lowest BCUT2D eigenvalue weighted by molar-refractivity contribution is 0.147. The van der Waals surface area contributed by atoms with Gasteiger partial charge < -0.3 is 19.5 Å². The van der Waals surface area contributed by atoms with E-state index in [0.717, 1.165) is 22.6 Å². The Morgan fingerprint density at radius 1 is 0.960 bits per heavy atom. The highest BCUT2D eigenvalue weighted by atomic mass is 16.5. The summed E-state index contributed by atoms with van der Waals surface area (Å²) in [5, 5.41) is 2.76. The Kier molecular flexibility index (Phi) is 7.14. The van der Waals surface area contributed by atoms with Crippen LogP contribution in [0.4, 0.5) is 4.79 Å². The van der Waals surface area contributed by atoms with Crippen molar-refractivity contribution in [1.29, 1.82) is 0 Å². The van der Waals surface area contributed by atoms with Crippen LogP contribution in [0.2, 0.25) is 0 Å². The number of methoxy groups -OCH3 is 2. The number of ether oxygens (including phenoxy) is 3. The molecule has 5 heteroatoms. The zero-order valence-electron chi connectivity index (χ0n) is 15.0. The van der Waals surface area contributed by atoms with Crippen LogP contribution in [0, 0.1) is 6.92 Å². The molecule has 0 heterocycles. The summed E-state index contributed by atoms with van der Waals surface area (Å²) in [6.45, 7) is 2.90. The van der Waals surface area contributed by atoms with Gasteiger partial charge in [0.05, 0.1) is 20.8 Å². The van der Waals surface area contributed by atoms with Crippen LogP contribution >= 0.6 is 0 Å². The molecular weight excluding hydrogens is 318 g/mol. The molecule has 5 nitrogen and oxygen atoms in total. The van der Waals surface area contributed by atoms with Gasteiger partial charge in [-0.1, -0.05) is 29.8 Å². The molecule has 0 aliphatic heterocycles. The van der Waals surface area contributed by atoms with Gasteiger partial charge in [-0.25, -0.2) is 4.79 Å². The van der Waals surface area contributed by atoms with Crippen molar-refractivity contribution < 1.29 is 19.0 Å². The van der Waals surface area contributed by atoms with E-state index in [-0.39, 0.29) is 0 Å². The third-order valence-electron chi connectivity index (χ3n) is 3.80. The molecule has 134 valence electrons. The van der Waals surface area contributed by atoms with E-state index in [1.54, 1.807) is 14.2 Å². The van der Waals surface area contributed by atoms with Crippen molar-refractivity contribution in [2.45, 2.75) is 19.8 Å². The van der Waals surface area contributed by atoms with Gasteiger partial charge >= 0.3 is 6.09 Å². The molecule has 25 heavy (non-hydrogen) atoms. The van der Waals surface area contributed by atoms with E-state index in [9.17, 15) is 4.79 Å². The standard InChI is InChI=1S/C20H25NO4/c1-15-5-4-6-16(11-15)8-10-25-20(22)21-9-7-17-12-18(23-2)14-19(13-17)24-3/h4-6,11-14H,7-10H2,1-3H3,(H,21,22). The lowest BCUT2D eigenvalue weighted by Gasteiger charge is -2.10. The molecule has 2 aromatic carbocycles. The van der Waals surface area contributed by atoms with Crippen LogP contribution in [-0.4, -0.2) is 33.5 Å². The highest BCUT2D eigenvalue weighted by Crippen LogP contribution is 2.22. The van der Waals surface area contributed by atoms with Crippen LogP contribution in [0.1, 0.15) is 16.7 Å². The summed E-state index contributed by atoms with van der Waals surface area (Å²) < 4.78 is 15.7. The summed E-state index contributed by atoms with van der Waals surface area (Å²) in [5.41, 5.74) is 3.39. The van der Waals surface area contributed by atoms with Crippen LogP contribution in [0.15, 0.2) is 42.5 Å². The number of nitrogens with one attached hydrogen (secondary N) is 1. The molecule has 0 radical (unpaired) electrons. The van der Waals surface area contributed by atoms with Crippen LogP contribution < -0.4 is 14.8 Å². The molecule has 1 N–H and O–H groups in total. The largest absolute Gasteiger partial charge is 0.497 e. The van der Waals surface area contributed by atoms with Crippen molar-refractivity contribution in [1.82, 2.24) is 5.32 Å². The Morgan fingerprint density at radius 3 is 2.32 bits per heavy atom. The fraction of sp³-hybridized carbons (Fsp3) is 0.350. The van der Waals surface area contributed by atoms with E-state index >= 15 is 0 Å². The predicted octanol–water partition coefficient (Wildman–Crippen LogP) is 3.52. The molecule has 0 saturated carbocycles. The number of amides is 1. The SMILES string of the molecule is COc1cc(CCNC(=O)OCCc2cccc(C)c2)cc(OC)c1. The maximum atomic E-state index is 11.8. The van der Waals surface area contributed by atoms with E-state index < -0.39 is 6.09 Å². The quantitative estimate of drug-likeness (QED) is 0.797. The zero-order chi connectivity index (χ0) is 18.1. The first-order valence-electron chi connectivity index (χ1n) is 8.29. The minimum absolute atomic E-state index is 0.363. The smallest absolute Gasteiger partial charge is 0.407 e. The van der Waals surface area contributed by atoms with Gasteiger partial charge in [-0.15, -0.1) is 0 Å². The van der Waals surface area contributed by atoms with Crippen molar-refractivity contribution in [2.75, 3.05) is 27.4 Å². The Labute approximate surface area is 148 Å². The van der Waals surface area contributed by atoms with Crippen LogP contribution in [-0.2, 0) is 17.6 Å². The molecule has 2 aromatic rings. The molecule has 0 aromatic heterocycles. The Hall–Kier alpha value is -2.69. The van der Waals surface area contributed by atoms with Crippen molar-refractivity contribution in [3.63, 3.8) is 0 Å². The van der Waals surface area contributed by atoms with Gasteiger partial charge in [0.2, 0.25) is 0 Å². The third kappa shape index (κ3) is 6.37. The lowest BCUT2D eigenvalue weighted by Crippen LogP contribution is -2.27. The van der Waals surface area contributed by atoms with E-state index in [1.165, 1.54) is 5.56 Å². The third-order valence-corrected chi connectivity index (χ3v) is 3.80. The average Bonchev–Trinajstić information content (AvgIpc) is 2.61. The summed E-state index contributed by atoms with van der Waals surface area (Å²) in [4.78, 5) is 11.8. The van der Waals surface area contributed by atoms with Gasteiger partial charge in [-0.3, -0.25) is 0 Å². The van der Waals surface area contributed by atoms with Crippen LogP contribution in [0.25, 0.3) is 0 Å². The van der Waals surface area contributed by atoms with Crippen LogP contribution in [0.5, 0.6) is 11.5 Å². The number of hydrogen-bond acceptors (Lipinski definition) is 4. The molecule has 0 atom stereocenters. The molecule has 0 saturated heterocycles. The first kappa shape index (κ1) is 18.6. The van der Waals surface area contributed by atoms with Gasteiger partial charge in [-0.2, -0.15) is 0 Å². The zero-order valence-corrected chi connectivity index (χ0v) is 15.0. The molecule has 0 aliphatic rings. The highest BCUT2D eigenvalue weighted by molar-refractivity contribution is 5.67. The normalized spacial score (nSPS) is 10.2. The number of aryl methyl sites for hydroxylation is 1. The Balaban J connectivity index is 1.71. The first-order chi connectivity index (χ1) is 12.1. The van der Waals surface area contributed by atoms with Gasteiger partial charge in [0.1, 0.15) is 11.5 Å². The second-order valence-electron chi connectivity index (χ2n) is 5.77. The minimum Gasteiger partial charge on any atom is -0.497 e. The first-order valence-corrected chi connectivity index (χ1v) is 8.29. The van der Waals surface area contributed by atoms with E-state index in [1.807, 2.05) is 43.3 Å². The molecule has 0 unspecified atom stereocenters. The summed E-state index contributed by atoms with van der Waals surface area (Å²) in [7, 11) is 3.23. The second-order valence-corrected chi connectivity index (χ2v) is 5.77. The summed E-state index contributed by atoms with van der Waals surface area (Å²) in [6, 6.07) is 13.8. The van der Waals surface area contributed by atoms with Gasteiger partial charge in [0, 0.05) is 19.0 Å². The van der Waals surface area contributed by atoms with Crippen molar-refractivity contribution in [3.8, 4) is 11.5 Å². The van der Waals surface area contributed by atoms with Crippen molar-refractivity contribution in [3.05, 3.63) is 59.2 Å². The number of rotatable bonds is 8. The highest BCUT2D eigenvalue weighted by Gasteiger charge is 2.05. The molecule has 0 fully saturated rings. The molecule has 1 amide bonds. The van der Waals surface area contributed by atoms with Crippen LogP contribution in [0.3, 0.4) is 0 Å². The van der Waals surface area contributed by atoms with Gasteiger partial charge in [0.15, 0.2) is 0 Å². The molecular formula is C20H25NO4. The average molecular weight is 343 g/mol. The lowest BCUT2D eigenvalue weighted by atomic mass is 10.1. The van der Waals surface area contributed by atoms with E-state index in [2.05, 4.69) is 11.4 Å².